The molecule has 1 N–H and O–H groups in total. The lowest BCUT2D eigenvalue weighted by molar-refractivity contribution is -0.155. The topological polar surface area (TPSA) is 96.4 Å². The molecule has 1 spiro atoms. The summed E-state index contributed by atoms with van der Waals surface area (Å²) in [6.45, 7) is 16.2. The van der Waals surface area contributed by atoms with E-state index >= 15 is 0 Å². The predicted octanol–water partition coefficient (Wildman–Crippen LogP) is 2.52. The van der Waals surface area contributed by atoms with E-state index in [1.54, 1.807) is 17.9 Å². The van der Waals surface area contributed by atoms with Crippen molar-refractivity contribution in [3.8, 4) is 0 Å². The first-order valence-corrected chi connectivity index (χ1v) is 13.0. The van der Waals surface area contributed by atoms with Crippen LogP contribution in [0.25, 0.3) is 0 Å². The largest absolute Gasteiger partial charge is 0.466 e. The quantitative estimate of drug-likeness (QED) is 0.273. The Hall–Kier alpha value is -1.45. The van der Waals surface area contributed by atoms with Gasteiger partial charge in [-0.3, -0.25) is 14.4 Å². The second-order valence-corrected chi connectivity index (χ2v) is 12.6. The maximum atomic E-state index is 14.3. The minimum Gasteiger partial charge on any atom is -0.466 e. The fraction of sp³-hybridized carbons (Fsp3) is 0.800. The Morgan fingerprint density at radius 1 is 1.35 bits per heavy atom. The summed E-state index contributed by atoms with van der Waals surface area (Å²) in [5.41, 5.74) is -1.73. The summed E-state index contributed by atoms with van der Waals surface area (Å²) in [4.78, 5) is 43.9. The number of esters is 1. The van der Waals surface area contributed by atoms with Crippen LogP contribution in [0.4, 0.5) is 0 Å². The van der Waals surface area contributed by atoms with E-state index < -0.39 is 41.1 Å². The van der Waals surface area contributed by atoms with Gasteiger partial charge in [-0.15, -0.1) is 6.58 Å². The summed E-state index contributed by atoms with van der Waals surface area (Å²) in [5, 5.41) is 9.76. The first-order chi connectivity index (χ1) is 15.8. The Balaban J connectivity index is 2.08. The maximum Gasteiger partial charge on any atom is 0.312 e. The molecule has 0 aliphatic carbocycles. The molecule has 0 aromatic rings. The van der Waals surface area contributed by atoms with Crippen LogP contribution in [0.2, 0.25) is 0 Å². The zero-order valence-electron chi connectivity index (χ0n) is 21.2. The number of ether oxygens (including phenoxy) is 2. The molecule has 0 saturated carbocycles. The zero-order chi connectivity index (χ0) is 25.6. The van der Waals surface area contributed by atoms with Gasteiger partial charge in [-0.2, -0.15) is 0 Å². The van der Waals surface area contributed by atoms with Gasteiger partial charge >= 0.3 is 5.97 Å². The first kappa shape index (κ1) is 27.1. The van der Waals surface area contributed by atoms with Gasteiger partial charge in [0.25, 0.3) is 0 Å². The van der Waals surface area contributed by atoms with Crippen LogP contribution in [0.1, 0.15) is 54.4 Å². The standard InChI is InChI=1S/C25H39BrN2O6/c1-8-10-28(24(6,7)14-23(3,4)5)21(31)19-25-13-15(26)18(34-25)16(22(32)33-9-2)17(25)20(30)27(19)11-12-29/h8,15-19,29H,1,9-14H2,2-7H3/t15?,16-,17-,18-,19?,25?/m0/s1. The average molecular weight is 543 g/mol. The number of amides is 2. The van der Waals surface area contributed by atoms with E-state index in [0.717, 1.165) is 6.42 Å². The minimum absolute atomic E-state index is 0.00829. The molecule has 192 valence electrons. The number of fused-ring (bicyclic) bond motifs is 1. The van der Waals surface area contributed by atoms with Crippen LogP contribution in [0.15, 0.2) is 12.7 Å². The van der Waals surface area contributed by atoms with Gasteiger partial charge in [0.05, 0.1) is 31.2 Å². The van der Waals surface area contributed by atoms with Crippen LogP contribution < -0.4 is 0 Å². The van der Waals surface area contributed by atoms with Crippen molar-refractivity contribution in [3.05, 3.63) is 12.7 Å². The van der Waals surface area contributed by atoms with Gasteiger partial charge in [0.1, 0.15) is 11.6 Å². The highest BCUT2D eigenvalue weighted by Gasteiger charge is 2.77. The number of aliphatic hydroxyl groups excluding tert-OH is 1. The van der Waals surface area contributed by atoms with E-state index in [0.29, 0.717) is 13.0 Å². The molecule has 9 heteroatoms. The summed E-state index contributed by atoms with van der Waals surface area (Å²) < 4.78 is 11.7. The molecular formula is C25H39BrN2O6. The third-order valence-corrected chi connectivity index (χ3v) is 8.04. The Bertz CT molecular complexity index is 840. The summed E-state index contributed by atoms with van der Waals surface area (Å²) in [6, 6.07) is -0.944. The molecule has 3 unspecified atom stereocenters. The summed E-state index contributed by atoms with van der Waals surface area (Å²) in [5.74, 6) is -2.67. The first-order valence-electron chi connectivity index (χ1n) is 12.1. The Kier molecular flexibility index (Phi) is 7.62. The predicted molar refractivity (Wildman–Crippen MR) is 131 cm³/mol. The Morgan fingerprint density at radius 3 is 2.53 bits per heavy atom. The number of alkyl halides is 1. The zero-order valence-corrected chi connectivity index (χ0v) is 22.8. The number of hydrogen-bond acceptors (Lipinski definition) is 6. The van der Waals surface area contributed by atoms with Crippen LogP contribution in [0.3, 0.4) is 0 Å². The molecule has 3 saturated heterocycles. The van der Waals surface area contributed by atoms with Crippen LogP contribution >= 0.6 is 15.9 Å². The highest BCUT2D eigenvalue weighted by molar-refractivity contribution is 9.09. The van der Waals surface area contributed by atoms with Crippen molar-refractivity contribution < 1.29 is 29.0 Å². The second-order valence-electron chi connectivity index (χ2n) is 11.5. The number of nitrogens with zero attached hydrogens (tertiary/aromatic N) is 2. The molecule has 8 nitrogen and oxygen atoms in total. The number of aliphatic hydroxyl groups is 1. The highest BCUT2D eigenvalue weighted by Crippen LogP contribution is 2.60. The molecule has 2 amide bonds. The van der Waals surface area contributed by atoms with Crippen molar-refractivity contribution >= 4 is 33.7 Å². The molecular weight excluding hydrogens is 504 g/mol. The van der Waals surface area contributed by atoms with Crippen molar-refractivity contribution in [1.82, 2.24) is 9.80 Å². The number of likely N-dealkylation sites (tertiary alicyclic amines) is 1. The smallest absolute Gasteiger partial charge is 0.312 e. The summed E-state index contributed by atoms with van der Waals surface area (Å²) >= 11 is 3.64. The van der Waals surface area contributed by atoms with Crippen LogP contribution in [0, 0.1) is 17.3 Å². The molecule has 3 heterocycles. The molecule has 0 aromatic heterocycles. The fourth-order valence-corrected chi connectivity index (χ4v) is 7.51. The number of carbonyl (C=O) groups excluding carboxylic acids is 3. The van der Waals surface area contributed by atoms with Crippen LogP contribution in [-0.4, -0.2) is 87.1 Å². The molecule has 3 fully saturated rings. The SMILES string of the molecule is C=CCN(C(=O)C1N(CCO)C(=O)[C@@H]2[C@H](C(=O)OCC)[C@H]3OC12CC3Br)C(C)(C)CC(C)(C)C. The van der Waals surface area contributed by atoms with Crippen molar-refractivity contribution in [1.29, 1.82) is 0 Å². The number of halogens is 1. The van der Waals surface area contributed by atoms with E-state index in [-0.39, 0.29) is 41.8 Å². The molecule has 3 aliphatic rings. The van der Waals surface area contributed by atoms with Gasteiger partial charge < -0.3 is 24.4 Å². The Morgan fingerprint density at radius 2 is 2.00 bits per heavy atom. The fourth-order valence-electron chi connectivity index (χ4n) is 6.57. The van der Waals surface area contributed by atoms with Crippen LogP contribution in [0.5, 0.6) is 0 Å². The third-order valence-electron chi connectivity index (χ3n) is 7.19. The van der Waals surface area contributed by atoms with Gasteiger partial charge in [-0.25, -0.2) is 0 Å². The van der Waals surface area contributed by atoms with Crippen molar-refractivity contribution in [2.75, 3.05) is 26.3 Å². The van der Waals surface area contributed by atoms with Crippen LogP contribution in [-0.2, 0) is 23.9 Å². The van der Waals surface area contributed by atoms with Crippen molar-refractivity contribution in [2.45, 2.75) is 82.5 Å². The number of rotatable bonds is 9. The van der Waals surface area contributed by atoms with E-state index in [1.165, 1.54) is 4.90 Å². The van der Waals surface area contributed by atoms with E-state index in [4.69, 9.17) is 9.47 Å². The van der Waals surface area contributed by atoms with Gasteiger partial charge in [0, 0.05) is 23.5 Å². The number of carbonyl (C=O) groups is 3. The van der Waals surface area contributed by atoms with Gasteiger partial charge in [-0.1, -0.05) is 42.8 Å². The summed E-state index contributed by atoms with van der Waals surface area (Å²) in [6.07, 6.45) is 2.29. The highest BCUT2D eigenvalue weighted by atomic mass is 79.9. The number of hydrogen-bond donors (Lipinski definition) is 1. The van der Waals surface area contributed by atoms with E-state index in [9.17, 15) is 19.5 Å². The van der Waals surface area contributed by atoms with Gasteiger partial charge in [0.15, 0.2) is 0 Å². The van der Waals surface area contributed by atoms with Gasteiger partial charge in [0.2, 0.25) is 11.8 Å². The number of β-amino-alcohol motifs (C(OH)–C–C–N with tert-alkyl or cyclic N) is 1. The Labute approximate surface area is 211 Å². The lowest BCUT2D eigenvalue weighted by Crippen LogP contribution is -2.61. The average Bonchev–Trinajstić information content (AvgIpc) is 3.28. The second kappa shape index (κ2) is 9.54. The lowest BCUT2D eigenvalue weighted by atomic mass is 9.70. The minimum atomic E-state index is -1.16. The van der Waals surface area contributed by atoms with E-state index in [1.807, 2.05) is 13.8 Å². The van der Waals surface area contributed by atoms with Crippen molar-refractivity contribution in [2.24, 2.45) is 17.3 Å². The maximum absolute atomic E-state index is 14.3. The molecule has 0 radical (unpaired) electrons. The van der Waals surface area contributed by atoms with Gasteiger partial charge in [-0.05, 0) is 39.0 Å². The normalized spacial score (nSPS) is 32.6. The molecule has 2 bridgehead atoms. The third kappa shape index (κ3) is 4.44. The molecule has 34 heavy (non-hydrogen) atoms. The lowest BCUT2D eigenvalue weighted by Gasteiger charge is -2.45. The monoisotopic (exact) mass is 542 g/mol. The molecule has 3 rings (SSSR count). The van der Waals surface area contributed by atoms with E-state index in [2.05, 4.69) is 43.3 Å². The summed E-state index contributed by atoms with van der Waals surface area (Å²) in [7, 11) is 0. The molecule has 3 aliphatic heterocycles. The van der Waals surface area contributed by atoms with Crippen molar-refractivity contribution in [3.63, 3.8) is 0 Å². The molecule has 0 aromatic carbocycles. The molecule has 6 atom stereocenters.